The number of aromatic nitrogens is 8. The predicted octanol–water partition coefficient (Wildman–Crippen LogP) is 3.58. The van der Waals surface area contributed by atoms with Gasteiger partial charge >= 0.3 is 0 Å². The number of hydrogen-bond donors (Lipinski definition) is 5. The fraction of sp³-hybridized carbons (Fsp3) is 0.235. The van der Waals surface area contributed by atoms with Crippen LogP contribution >= 0.6 is 0 Å². The highest BCUT2D eigenvalue weighted by Gasteiger charge is 2.12. The van der Waals surface area contributed by atoms with Gasteiger partial charge in [-0.3, -0.25) is 19.2 Å². The summed E-state index contributed by atoms with van der Waals surface area (Å²) in [5.74, 6) is 3.77. The monoisotopic (exact) mass is 678 g/mol. The maximum atomic E-state index is 10.9. The summed E-state index contributed by atoms with van der Waals surface area (Å²) in [5.41, 5.74) is 8.49. The minimum Gasteiger partial charge on any atom is -0.399 e. The lowest BCUT2D eigenvalue weighted by molar-refractivity contribution is -0.384. The van der Waals surface area contributed by atoms with Crippen LogP contribution < -0.4 is 16.4 Å². The number of nitro benzene ring substituents is 1. The van der Waals surface area contributed by atoms with Gasteiger partial charge in [0, 0.05) is 80.9 Å². The molecule has 0 unspecified atom stereocenters. The quantitative estimate of drug-likeness (QED) is 0.0670. The fourth-order valence-corrected chi connectivity index (χ4v) is 4.81. The number of aliphatic hydroxyl groups is 2. The van der Waals surface area contributed by atoms with Crippen LogP contribution in [-0.4, -0.2) is 79.5 Å². The van der Waals surface area contributed by atoms with Gasteiger partial charge in [0.2, 0.25) is 11.9 Å². The number of benzene rings is 2. The molecule has 16 heteroatoms. The zero-order valence-corrected chi connectivity index (χ0v) is 27.5. The number of nitrogens with one attached hydrogen (secondary N) is 2. The van der Waals surface area contributed by atoms with E-state index in [9.17, 15) is 20.3 Å². The van der Waals surface area contributed by atoms with Gasteiger partial charge in [-0.15, -0.1) is 0 Å². The normalized spacial score (nSPS) is 12.0. The van der Waals surface area contributed by atoms with Crippen molar-refractivity contribution in [1.82, 2.24) is 39.0 Å². The SMILES string of the molecule is C[C@H](O)CNc1nccc(-n2ccnc2Cc2cccc(N)c2)n1.C[C@H](O)CNc1nccc(-n2ccnc2Cc2cccc([N+](=O)[O-])c2)n1. The standard InChI is InChI=1S/C17H18N6O3.C17H20N6O/c1-12(24)11-20-17-19-6-5-15(21-17)22-8-7-18-16(22)10-13-3-2-4-14(9-13)23(25)26;1-12(24)11-21-17-20-6-5-15(22-17)23-8-7-19-16(23)10-13-3-2-4-14(18)9-13/h2-9,12,24H,10-11H2,1H3,(H,19,20,21);2-9,12,24H,10-11,18H2,1H3,(H,20,21,22)/t2*12-/m00/s1. The predicted molar refractivity (Wildman–Crippen MR) is 188 cm³/mol. The smallest absolute Gasteiger partial charge is 0.269 e. The second kappa shape index (κ2) is 16.7. The van der Waals surface area contributed by atoms with Crippen LogP contribution in [0.2, 0.25) is 0 Å². The van der Waals surface area contributed by atoms with Crippen LogP contribution in [0, 0.1) is 10.1 Å². The van der Waals surface area contributed by atoms with Crippen molar-refractivity contribution in [2.45, 2.75) is 38.9 Å². The van der Waals surface area contributed by atoms with Gasteiger partial charge in [-0.2, -0.15) is 9.97 Å². The number of aliphatic hydroxyl groups excluding tert-OH is 2. The lowest BCUT2D eigenvalue weighted by Crippen LogP contribution is -2.17. The van der Waals surface area contributed by atoms with Crippen LogP contribution in [0.15, 0.2) is 97.8 Å². The van der Waals surface area contributed by atoms with E-state index in [0.717, 1.165) is 28.5 Å². The molecule has 0 amide bonds. The summed E-state index contributed by atoms with van der Waals surface area (Å²) >= 11 is 0. The van der Waals surface area contributed by atoms with E-state index in [1.807, 2.05) is 47.2 Å². The molecule has 0 aliphatic rings. The summed E-state index contributed by atoms with van der Waals surface area (Å²) in [5, 5.41) is 35.6. The van der Waals surface area contributed by atoms with Crippen molar-refractivity contribution in [2.75, 3.05) is 29.5 Å². The number of nitro groups is 1. The Morgan fingerprint density at radius 3 is 1.72 bits per heavy atom. The van der Waals surface area contributed by atoms with E-state index < -0.39 is 17.1 Å². The molecule has 50 heavy (non-hydrogen) atoms. The molecule has 4 heterocycles. The molecule has 6 N–H and O–H groups in total. The first kappa shape index (κ1) is 35.1. The Balaban J connectivity index is 0.000000195. The molecule has 2 atom stereocenters. The molecule has 258 valence electrons. The molecular formula is C34H38N12O4. The van der Waals surface area contributed by atoms with Gasteiger partial charge in [0.15, 0.2) is 0 Å². The number of nitrogens with two attached hydrogens (primary N) is 1. The molecule has 0 aliphatic heterocycles. The van der Waals surface area contributed by atoms with Crippen LogP contribution in [0.25, 0.3) is 11.6 Å². The summed E-state index contributed by atoms with van der Waals surface area (Å²) in [6.45, 7) is 4.11. The lowest BCUT2D eigenvalue weighted by atomic mass is 10.1. The van der Waals surface area contributed by atoms with Crippen LogP contribution in [0.5, 0.6) is 0 Å². The van der Waals surface area contributed by atoms with E-state index >= 15 is 0 Å². The molecule has 0 saturated carbocycles. The van der Waals surface area contributed by atoms with E-state index in [2.05, 4.69) is 40.5 Å². The van der Waals surface area contributed by atoms with Gasteiger partial charge in [-0.1, -0.05) is 24.3 Å². The van der Waals surface area contributed by atoms with E-state index in [0.29, 0.717) is 49.5 Å². The number of nitrogens with zero attached hydrogens (tertiary/aromatic N) is 9. The van der Waals surface area contributed by atoms with Gasteiger partial charge in [0.25, 0.3) is 5.69 Å². The fourth-order valence-electron chi connectivity index (χ4n) is 4.81. The number of imidazole rings is 2. The van der Waals surface area contributed by atoms with Crippen molar-refractivity contribution in [3.05, 3.63) is 131 Å². The lowest BCUT2D eigenvalue weighted by Gasteiger charge is -2.10. The largest absolute Gasteiger partial charge is 0.399 e. The van der Waals surface area contributed by atoms with Crippen LogP contribution in [0.1, 0.15) is 36.6 Å². The summed E-state index contributed by atoms with van der Waals surface area (Å²) in [6, 6.07) is 17.8. The highest BCUT2D eigenvalue weighted by atomic mass is 16.6. The second-order valence-electron chi connectivity index (χ2n) is 11.4. The molecule has 4 aromatic heterocycles. The number of nitrogen functional groups attached to an aromatic ring is 1. The average molecular weight is 679 g/mol. The molecule has 2 aromatic carbocycles. The zero-order valence-electron chi connectivity index (χ0n) is 27.5. The van der Waals surface area contributed by atoms with Crippen molar-refractivity contribution < 1.29 is 15.1 Å². The average Bonchev–Trinajstić information content (AvgIpc) is 3.77. The zero-order chi connectivity index (χ0) is 35.5. The molecular weight excluding hydrogens is 640 g/mol. The van der Waals surface area contributed by atoms with Crippen molar-refractivity contribution in [1.29, 1.82) is 0 Å². The Morgan fingerprint density at radius 1 is 0.740 bits per heavy atom. The maximum Gasteiger partial charge on any atom is 0.269 e. The number of anilines is 3. The minimum atomic E-state index is -0.514. The third kappa shape index (κ3) is 9.88. The molecule has 16 nitrogen and oxygen atoms in total. The maximum absolute atomic E-state index is 10.9. The first-order valence-corrected chi connectivity index (χ1v) is 15.8. The first-order valence-electron chi connectivity index (χ1n) is 15.8. The Kier molecular flexibility index (Phi) is 11.7. The number of rotatable bonds is 13. The van der Waals surface area contributed by atoms with E-state index in [-0.39, 0.29) is 5.69 Å². The van der Waals surface area contributed by atoms with E-state index in [1.165, 1.54) is 12.1 Å². The Hall–Kier alpha value is -6.26. The van der Waals surface area contributed by atoms with Crippen molar-refractivity contribution in [3.8, 4) is 11.6 Å². The van der Waals surface area contributed by atoms with Crippen molar-refractivity contribution in [2.24, 2.45) is 0 Å². The summed E-state index contributed by atoms with van der Waals surface area (Å²) in [7, 11) is 0. The molecule has 6 aromatic rings. The third-order valence-electron chi connectivity index (χ3n) is 7.12. The van der Waals surface area contributed by atoms with E-state index in [4.69, 9.17) is 5.73 Å². The molecule has 6 rings (SSSR count). The van der Waals surface area contributed by atoms with Crippen LogP contribution in [0.3, 0.4) is 0 Å². The number of hydrogen-bond acceptors (Lipinski definition) is 13. The van der Waals surface area contributed by atoms with Crippen LogP contribution in [-0.2, 0) is 12.8 Å². The Labute approximate surface area is 287 Å². The van der Waals surface area contributed by atoms with Crippen molar-refractivity contribution >= 4 is 23.3 Å². The highest BCUT2D eigenvalue weighted by Crippen LogP contribution is 2.18. The van der Waals surface area contributed by atoms with Gasteiger partial charge in [-0.05, 0) is 49.2 Å². The summed E-state index contributed by atoms with van der Waals surface area (Å²) < 4.78 is 3.71. The molecule has 0 fully saturated rings. The van der Waals surface area contributed by atoms with Crippen molar-refractivity contribution in [3.63, 3.8) is 0 Å². The highest BCUT2D eigenvalue weighted by molar-refractivity contribution is 5.42. The third-order valence-corrected chi connectivity index (χ3v) is 7.12. The summed E-state index contributed by atoms with van der Waals surface area (Å²) in [6.07, 6.45) is 10.4. The van der Waals surface area contributed by atoms with Gasteiger partial charge in [0.1, 0.15) is 23.3 Å². The number of non-ortho nitro benzene ring substituents is 1. The Bertz CT molecular complexity index is 2010. The second-order valence-corrected chi connectivity index (χ2v) is 11.4. The molecule has 0 saturated heterocycles. The Morgan fingerprint density at radius 2 is 1.24 bits per heavy atom. The molecule has 0 radical (unpaired) electrons. The van der Waals surface area contributed by atoms with Gasteiger partial charge in [0.05, 0.1) is 17.1 Å². The van der Waals surface area contributed by atoms with Gasteiger partial charge in [-0.25, -0.2) is 19.9 Å². The minimum absolute atomic E-state index is 0.0484. The molecule has 0 spiro atoms. The molecule has 0 aliphatic carbocycles. The molecule has 0 bridgehead atoms. The van der Waals surface area contributed by atoms with Crippen LogP contribution in [0.4, 0.5) is 23.3 Å². The van der Waals surface area contributed by atoms with E-state index in [1.54, 1.807) is 61.5 Å². The topological polar surface area (TPSA) is 221 Å². The first-order chi connectivity index (χ1) is 24.1. The summed E-state index contributed by atoms with van der Waals surface area (Å²) in [4.78, 5) is 36.5. The van der Waals surface area contributed by atoms with Gasteiger partial charge < -0.3 is 26.6 Å².